The first-order valence-electron chi connectivity index (χ1n) is 7.00. The van der Waals surface area contributed by atoms with E-state index in [-0.39, 0.29) is 11.7 Å². The summed E-state index contributed by atoms with van der Waals surface area (Å²) in [5.74, 6) is -0.169. The summed E-state index contributed by atoms with van der Waals surface area (Å²) in [6, 6.07) is 0. The number of hydrogen-bond donors (Lipinski definition) is 3. The van der Waals surface area contributed by atoms with E-state index < -0.39 is 5.41 Å². The highest BCUT2D eigenvalue weighted by atomic mass is 16.5. The van der Waals surface area contributed by atoms with Crippen molar-refractivity contribution < 1.29 is 19.5 Å². The fourth-order valence-corrected chi connectivity index (χ4v) is 2.50. The largest absolute Gasteiger partial charge is 0.409 e. The van der Waals surface area contributed by atoms with Crippen molar-refractivity contribution in [1.29, 1.82) is 0 Å². The zero-order chi connectivity index (χ0) is 14.8. The SMILES string of the molecule is COCCOCCNC(=O)C1(C(N)=NO)CCCCC1. The molecule has 0 spiro atoms. The zero-order valence-corrected chi connectivity index (χ0v) is 12.1. The molecule has 0 unspecified atom stereocenters. The lowest BCUT2D eigenvalue weighted by molar-refractivity contribution is -0.129. The van der Waals surface area contributed by atoms with E-state index in [1.165, 1.54) is 0 Å². The summed E-state index contributed by atoms with van der Waals surface area (Å²) < 4.78 is 10.1. The van der Waals surface area contributed by atoms with Crippen LogP contribution < -0.4 is 11.1 Å². The lowest BCUT2D eigenvalue weighted by atomic mass is 9.72. The number of amidine groups is 1. The summed E-state index contributed by atoms with van der Waals surface area (Å²) in [5.41, 5.74) is 4.88. The highest BCUT2D eigenvalue weighted by molar-refractivity contribution is 6.06. The summed E-state index contributed by atoms with van der Waals surface area (Å²) in [6.07, 6.45) is 4.15. The summed E-state index contributed by atoms with van der Waals surface area (Å²) in [5, 5.41) is 14.8. The fourth-order valence-electron chi connectivity index (χ4n) is 2.50. The number of hydrogen-bond acceptors (Lipinski definition) is 5. The second-order valence-corrected chi connectivity index (χ2v) is 4.99. The van der Waals surface area contributed by atoms with E-state index in [0.29, 0.717) is 39.2 Å². The van der Waals surface area contributed by atoms with Crippen molar-refractivity contribution in [2.45, 2.75) is 32.1 Å². The molecule has 1 aliphatic rings. The van der Waals surface area contributed by atoms with E-state index in [9.17, 15) is 4.79 Å². The Bertz CT molecular complexity index is 328. The van der Waals surface area contributed by atoms with E-state index in [2.05, 4.69) is 10.5 Å². The lowest BCUT2D eigenvalue weighted by Gasteiger charge is -2.34. The number of amides is 1. The number of ether oxygens (including phenoxy) is 2. The Labute approximate surface area is 119 Å². The smallest absolute Gasteiger partial charge is 0.234 e. The van der Waals surface area contributed by atoms with Crippen LogP contribution in [0.3, 0.4) is 0 Å². The number of nitrogens with zero attached hydrogens (tertiary/aromatic N) is 1. The van der Waals surface area contributed by atoms with Crippen LogP contribution in [-0.2, 0) is 14.3 Å². The molecular formula is C13H25N3O4. The second kappa shape index (κ2) is 8.76. The lowest BCUT2D eigenvalue weighted by Crippen LogP contribution is -2.51. The van der Waals surface area contributed by atoms with Gasteiger partial charge in [-0.3, -0.25) is 4.79 Å². The van der Waals surface area contributed by atoms with Crippen molar-refractivity contribution in [2.75, 3.05) is 33.5 Å². The van der Waals surface area contributed by atoms with Crippen molar-refractivity contribution in [3.63, 3.8) is 0 Å². The molecule has 0 atom stereocenters. The van der Waals surface area contributed by atoms with Gasteiger partial charge in [0, 0.05) is 13.7 Å². The van der Waals surface area contributed by atoms with Gasteiger partial charge < -0.3 is 25.7 Å². The summed E-state index contributed by atoms with van der Waals surface area (Å²) in [6.45, 7) is 1.85. The highest BCUT2D eigenvalue weighted by Crippen LogP contribution is 2.36. The quantitative estimate of drug-likeness (QED) is 0.198. The van der Waals surface area contributed by atoms with Gasteiger partial charge in [-0.05, 0) is 12.8 Å². The van der Waals surface area contributed by atoms with Gasteiger partial charge in [0.2, 0.25) is 5.91 Å². The minimum atomic E-state index is -0.862. The van der Waals surface area contributed by atoms with Crippen LogP contribution in [0.5, 0.6) is 0 Å². The Kier molecular flexibility index (Phi) is 7.32. The number of oxime groups is 1. The fraction of sp³-hybridized carbons (Fsp3) is 0.846. The van der Waals surface area contributed by atoms with Crippen LogP contribution in [-0.4, -0.2) is 50.4 Å². The first-order valence-corrected chi connectivity index (χ1v) is 7.00. The number of methoxy groups -OCH3 is 1. The third kappa shape index (κ3) is 4.35. The van der Waals surface area contributed by atoms with Crippen molar-refractivity contribution >= 4 is 11.7 Å². The number of nitrogens with one attached hydrogen (secondary N) is 1. The third-order valence-electron chi connectivity index (χ3n) is 3.70. The Hall–Kier alpha value is -1.34. The Morgan fingerprint density at radius 1 is 1.30 bits per heavy atom. The van der Waals surface area contributed by atoms with Gasteiger partial charge in [-0.1, -0.05) is 24.4 Å². The molecule has 116 valence electrons. The van der Waals surface area contributed by atoms with Crippen LogP contribution in [0.25, 0.3) is 0 Å². The van der Waals surface area contributed by atoms with Gasteiger partial charge in [-0.15, -0.1) is 0 Å². The number of carbonyl (C=O) groups is 1. The van der Waals surface area contributed by atoms with Gasteiger partial charge in [-0.2, -0.15) is 0 Å². The predicted octanol–water partition coefficient (Wildman–Crippen LogP) is 0.463. The molecule has 0 aromatic rings. The van der Waals surface area contributed by atoms with Gasteiger partial charge >= 0.3 is 0 Å². The van der Waals surface area contributed by atoms with E-state index in [0.717, 1.165) is 19.3 Å². The molecule has 7 nitrogen and oxygen atoms in total. The van der Waals surface area contributed by atoms with Crippen molar-refractivity contribution in [3.05, 3.63) is 0 Å². The molecule has 0 radical (unpaired) electrons. The second-order valence-electron chi connectivity index (χ2n) is 4.99. The molecular weight excluding hydrogens is 262 g/mol. The highest BCUT2D eigenvalue weighted by Gasteiger charge is 2.43. The Morgan fingerprint density at radius 3 is 2.60 bits per heavy atom. The molecule has 1 saturated carbocycles. The molecule has 1 fully saturated rings. The van der Waals surface area contributed by atoms with Crippen molar-refractivity contribution in [2.24, 2.45) is 16.3 Å². The first-order chi connectivity index (χ1) is 9.67. The van der Waals surface area contributed by atoms with E-state index in [4.69, 9.17) is 20.4 Å². The van der Waals surface area contributed by atoms with Crippen LogP contribution in [0.4, 0.5) is 0 Å². The van der Waals surface area contributed by atoms with Crippen molar-refractivity contribution in [3.8, 4) is 0 Å². The van der Waals surface area contributed by atoms with Crippen LogP contribution in [0.1, 0.15) is 32.1 Å². The monoisotopic (exact) mass is 287 g/mol. The standard InChI is InChI=1S/C13H25N3O4/c1-19-9-10-20-8-7-15-12(17)13(11(14)16-18)5-3-2-4-6-13/h18H,2-10H2,1H3,(H2,14,16)(H,15,17). The minimum Gasteiger partial charge on any atom is -0.409 e. The summed E-state index contributed by atoms with van der Waals surface area (Å²) in [4.78, 5) is 12.3. The molecule has 1 amide bonds. The predicted molar refractivity (Wildman–Crippen MR) is 74.6 cm³/mol. The number of nitrogens with two attached hydrogens (primary N) is 1. The molecule has 1 rings (SSSR count). The third-order valence-corrected chi connectivity index (χ3v) is 3.70. The van der Waals surface area contributed by atoms with Crippen LogP contribution in [0, 0.1) is 5.41 Å². The molecule has 0 saturated heterocycles. The average Bonchev–Trinajstić information content (AvgIpc) is 2.50. The zero-order valence-electron chi connectivity index (χ0n) is 12.1. The van der Waals surface area contributed by atoms with Gasteiger partial charge in [0.15, 0.2) is 5.84 Å². The summed E-state index contributed by atoms with van der Waals surface area (Å²) >= 11 is 0. The normalized spacial score (nSPS) is 18.8. The maximum atomic E-state index is 12.3. The van der Waals surface area contributed by atoms with Crippen LogP contribution in [0.2, 0.25) is 0 Å². The molecule has 0 aromatic carbocycles. The molecule has 7 heteroatoms. The molecule has 1 aliphatic carbocycles. The molecule has 0 heterocycles. The van der Waals surface area contributed by atoms with Gasteiger partial charge in [0.05, 0.1) is 19.8 Å². The summed E-state index contributed by atoms with van der Waals surface area (Å²) in [7, 11) is 1.61. The number of carbonyl (C=O) groups excluding carboxylic acids is 1. The van der Waals surface area contributed by atoms with Gasteiger partial charge in [-0.25, -0.2) is 0 Å². The molecule has 0 aliphatic heterocycles. The van der Waals surface area contributed by atoms with Gasteiger partial charge in [0.1, 0.15) is 5.41 Å². The minimum absolute atomic E-state index is 0.00926. The maximum Gasteiger partial charge on any atom is 0.234 e. The first kappa shape index (κ1) is 16.7. The molecule has 0 aromatic heterocycles. The topological polar surface area (TPSA) is 106 Å². The Balaban J connectivity index is 2.44. The van der Waals surface area contributed by atoms with Gasteiger partial charge in [0.25, 0.3) is 0 Å². The maximum absolute atomic E-state index is 12.3. The average molecular weight is 287 g/mol. The van der Waals surface area contributed by atoms with E-state index in [1.54, 1.807) is 7.11 Å². The number of rotatable bonds is 8. The van der Waals surface area contributed by atoms with Crippen LogP contribution >= 0.6 is 0 Å². The van der Waals surface area contributed by atoms with E-state index >= 15 is 0 Å². The molecule has 20 heavy (non-hydrogen) atoms. The molecule has 0 bridgehead atoms. The van der Waals surface area contributed by atoms with Crippen LogP contribution in [0.15, 0.2) is 5.16 Å². The van der Waals surface area contributed by atoms with Crippen molar-refractivity contribution in [1.82, 2.24) is 5.32 Å². The Morgan fingerprint density at radius 2 is 2.00 bits per heavy atom. The molecule has 4 N–H and O–H groups in total. The van der Waals surface area contributed by atoms with E-state index in [1.807, 2.05) is 0 Å².